The van der Waals surface area contributed by atoms with Gasteiger partial charge in [-0.15, -0.1) is 0 Å². The summed E-state index contributed by atoms with van der Waals surface area (Å²) in [6.45, 7) is 2.13. The van der Waals surface area contributed by atoms with Gasteiger partial charge in [0.25, 0.3) is 0 Å². The van der Waals surface area contributed by atoms with Crippen molar-refractivity contribution in [2.24, 2.45) is 0 Å². The van der Waals surface area contributed by atoms with E-state index in [1.165, 1.54) is 24.4 Å². The number of rotatable bonds is 15. The van der Waals surface area contributed by atoms with Crippen LogP contribution in [0.2, 0.25) is 5.02 Å². The van der Waals surface area contributed by atoms with Crippen molar-refractivity contribution in [2.45, 2.75) is 51.0 Å². The number of anilines is 1. The van der Waals surface area contributed by atoms with Crippen molar-refractivity contribution in [1.29, 1.82) is 0 Å². The first-order valence-electron chi connectivity index (χ1n) is 15.4. The zero-order valence-electron chi connectivity index (χ0n) is 26.4. The Hall–Kier alpha value is -4.46. The second-order valence-electron chi connectivity index (χ2n) is 11.2. The lowest BCUT2D eigenvalue weighted by Crippen LogP contribution is -2.61. The lowest BCUT2D eigenvalue weighted by Gasteiger charge is -2.38. The number of hydrogen-bond donors (Lipinski definition) is 2. The number of amides is 3. The van der Waals surface area contributed by atoms with Crippen LogP contribution in [0, 0.1) is 0 Å². The number of nitrogens with zero attached hydrogens (tertiary/aromatic N) is 4. The third kappa shape index (κ3) is 9.09. The van der Waals surface area contributed by atoms with Crippen molar-refractivity contribution >= 4 is 35.2 Å². The van der Waals surface area contributed by atoms with Gasteiger partial charge in [-0.3, -0.25) is 14.5 Å². The van der Waals surface area contributed by atoms with Gasteiger partial charge in [-0.25, -0.2) is 14.8 Å². The van der Waals surface area contributed by atoms with Gasteiger partial charge in [0, 0.05) is 42.7 Å². The van der Waals surface area contributed by atoms with Crippen LogP contribution in [0.25, 0.3) is 0 Å². The Morgan fingerprint density at radius 1 is 1.09 bits per heavy atom. The van der Waals surface area contributed by atoms with Crippen LogP contribution in [0.4, 0.5) is 10.5 Å². The van der Waals surface area contributed by atoms with E-state index in [0.29, 0.717) is 37.0 Å². The standard InChI is InChI=1S/C33H39ClN6O7/c1-44-29-7-4-3-6-23(29)21-46-12-5-13-47-32-36-16-26(17-37-32)40-28(18-35-19-30(40)41)31(42)39(25-9-10-25)20-24-14-22(8-11-27(24)34)15-38-33(43)45-2/h3-4,6-8,11,14,16-17,25,28,35H,5,9-10,12-13,15,18-21H2,1-2H3,(H,38,43)/t28-/m1/s1. The Balaban J connectivity index is 1.18. The number of nitrogens with one attached hydrogen (secondary N) is 2. The number of hydrogen-bond acceptors (Lipinski definition) is 10. The van der Waals surface area contributed by atoms with E-state index in [-0.39, 0.29) is 50.0 Å². The average Bonchev–Trinajstić information content (AvgIpc) is 3.94. The second kappa shape index (κ2) is 16.4. The summed E-state index contributed by atoms with van der Waals surface area (Å²) in [6, 6.07) is 12.5. The van der Waals surface area contributed by atoms with Gasteiger partial charge in [0.15, 0.2) is 0 Å². The first kappa shape index (κ1) is 33.9. The van der Waals surface area contributed by atoms with Gasteiger partial charge in [0.05, 0.1) is 58.7 Å². The Kier molecular flexibility index (Phi) is 11.8. The smallest absolute Gasteiger partial charge is 0.407 e. The third-order valence-corrected chi connectivity index (χ3v) is 8.20. The molecule has 1 aliphatic heterocycles. The van der Waals surface area contributed by atoms with Gasteiger partial charge in [0.1, 0.15) is 11.8 Å². The zero-order chi connectivity index (χ0) is 33.2. The lowest BCUT2D eigenvalue weighted by atomic mass is 10.1. The minimum Gasteiger partial charge on any atom is -0.496 e. The Labute approximate surface area is 278 Å². The highest BCUT2D eigenvalue weighted by atomic mass is 35.5. The van der Waals surface area contributed by atoms with E-state index in [2.05, 4.69) is 25.3 Å². The highest BCUT2D eigenvalue weighted by Gasteiger charge is 2.41. The van der Waals surface area contributed by atoms with Crippen molar-refractivity contribution in [1.82, 2.24) is 25.5 Å². The fourth-order valence-electron chi connectivity index (χ4n) is 5.28. The molecule has 47 heavy (non-hydrogen) atoms. The number of carbonyl (C=O) groups excluding carboxylic acids is 3. The number of alkyl carbamates (subject to hydrolysis) is 1. The van der Waals surface area contributed by atoms with Crippen molar-refractivity contribution < 1.29 is 33.3 Å². The van der Waals surface area contributed by atoms with Gasteiger partial charge in [0.2, 0.25) is 11.8 Å². The molecule has 2 aromatic carbocycles. The predicted octanol–water partition coefficient (Wildman–Crippen LogP) is 3.48. The molecule has 1 aromatic heterocycles. The van der Waals surface area contributed by atoms with Crippen LogP contribution in [0.1, 0.15) is 36.0 Å². The Morgan fingerprint density at radius 2 is 1.87 bits per heavy atom. The van der Waals surface area contributed by atoms with Gasteiger partial charge in [-0.05, 0) is 36.1 Å². The predicted molar refractivity (Wildman–Crippen MR) is 173 cm³/mol. The normalized spacial score (nSPS) is 16.0. The van der Waals surface area contributed by atoms with Crippen LogP contribution in [-0.4, -0.2) is 85.4 Å². The molecular formula is C33H39ClN6O7. The molecule has 1 aliphatic carbocycles. The van der Waals surface area contributed by atoms with E-state index < -0.39 is 12.1 Å². The summed E-state index contributed by atoms with van der Waals surface area (Å²) in [5.41, 5.74) is 2.94. The zero-order valence-corrected chi connectivity index (χ0v) is 27.2. The number of methoxy groups -OCH3 is 2. The molecule has 1 atom stereocenters. The van der Waals surface area contributed by atoms with Crippen LogP contribution < -0.4 is 25.0 Å². The highest BCUT2D eigenvalue weighted by molar-refractivity contribution is 6.31. The van der Waals surface area contributed by atoms with Crippen LogP contribution in [0.15, 0.2) is 54.9 Å². The SMILES string of the molecule is COC(=O)NCc1ccc(Cl)c(CN(C(=O)[C@H]2CNCC(=O)N2c2cnc(OCCCOCc3ccccc3OC)nc2)C2CC2)c1. The molecule has 1 saturated carbocycles. The average molecular weight is 667 g/mol. The van der Waals surface area contributed by atoms with Crippen LogP contribution in [0.5, 0.6) is 11.8 Å². The molecule has 0 spiro atoms. The number of ether oxygens (including phenoxy) is 4. The summed E-state index contributed by atoms with van der Waals surface area (Å²) in [5, 5.41) is 6.23. The van der Waals surface area contributed by atoms with Gasteiger partial charge >= 0.3 is 12.1 Å². The summed E-state index contributed by atoms with van der Waals surface area (Å²) in [7, 11) is 2.93. The number of para-hydroxylation sites is 1. The van der Waals surface area contributed by atoms with Gasteiger partial charge in [-0.2, -0.15) is 0 Å². The van der Waals surface area contributed by atoms with E-state index >= 15 is 0 Å². The number of aromatic nitrogens is 2. The molecule has 3 aromatic rings. The Bertz CT molecular complexity index is 1540. The van der Waals surface area contributed by atoms with Crippen molar-refractivity contribution in [3.8, 4) is 11.8 Å². The van der Waals surface area contributed by atoms with E-state index in [1.54, 1.807) is 24.1 Å². The lowest BCUT2D eigenvalue weighted by molar-refractivity contribution is -0.136. The summed E-state index contributed by atoms with van der Waals surface area (Å²) in [4.78, 5) is 50.6. The van der Waals surface area contributed by atoms with Crippen molar-refractivity contribution in [2.75, 3.05) is 45.4 Å². The number of halogens is 1. The topological polar surface area (TPSA) is 144 Å². The van der Waals surface area contributed by atoms with E-state index in [4.69, 9.17) is 25.8 Å². The molecule has 0 radical (unpaired) electrons. The molecule has 1 saturated heterocycles. The second-order valence-corrected chi connectivity index (χ2v) is 11.6. The minimum atomic E-state index is -0.796. The first-order valence-corrected chi connectivity index (χ1v) is 15.8. The molecular weight excluding hydrogens is 628 g/mol. The highest BCUT2D eigenvalue weighted by Crippen LogP contribution is 2.32. The van der Waals surface area contributed by atoms with E-state index in [9.17, 15) is 14.4 Å². The van der Waals surface area contributed by atoms with E-state index in [0.717, 1.165) is 35.3 Å². The monoisotopic (exact) mass is 666 g/mol. The van der Waals surface area contributed by atoms with Gasteiger partial charge in [-0.1, -0.05) is 41.9 Å². The number of piperazine rings is 1. The van der Waals surface area contributed by atoms with Gasteiger partial charge < -0.3 is 34.5 Å². The van der Waals surface area contributed by atoms with Crippen LogP contribution >= 0.6 is 11.6 Å². The summed E-state index contributed by atoms with van der Waals surface area (Å²) in [6.07, 6.45) is 4.81. The summed E-state index contributed by atoms with van der Waals surface area (Å²) < 4.78 is 21.4. The maximum Gasteiger partial charge on any atom is 0.407 e. The molecule has 0 bridgehead atoms. The maximum atomic E-state index is 14.1. The first-order chi connectivity index (χ1) is 22.9. The molecule has 2 fully saturated rings. The molecule has 2 aliphatic rings. The van der Waals surface area contributed by atoms with Crippen molar-refractivity contribution in [3.63, 3.8) is 0 Å². The fourth-order valence-corrected chi connectivity index (χ4v) is 5.46. The number of benzene rings is 2. The third-order valence-electron chi connectivity index (χ3n) is 7.83. The largest absolute Gasteiger partial charge is 0.496 e. The summed E-state index contributed by atoms with van der Waals surface area (Å²) >= 11 is 6.54. The number of carbonyl (C=O) groups is 3. The molecule has 13 nitrogen and oxygen atoms in total. The summed E-state index contributed by atoms with van der Waals surface area (Å²) in [5.74, 6) is 0.324. The molecule has 5 rings (SSSR count). The Morgan fingerprint density at radius 3 is 2.62 bits per heavy atom. The van der Waals surface area contributed by atoms with Crippen LogP contribution in [-0.2, 0) is 38.8 Å². The van der Waals surface area contributed by atoms with E-state index in [1.807, 2.05) is 30.3 Å². The molecule has 0 unspecified atom stereocenters. The quantitative estimate of drug-likeness (QED) is 0.231. The maximum absolute atomic E-state index is 14.1. The fraction of sp³-hybridized carbons (Fsp3) is 0.424. The van der Waals surface area contributed by atoms with Crippen molar-refractivity contribution in [3.05, 3.63) is 76.6 Å². The molecule has 3 amide bonds. The molecule has 14 heteroatoms. The molecule has 250 valence electrons. The molecule has 2 heterocycles. The molecule has 2 N–H and O–H groups in total. The van der Waals surface area contributed by atoms with Crippen LogP contribution in [0.3, 0.4) is 0 Å². The minimum absolute atomic E-state index is 0.0417.